The molecule has 1 saturated heterocycles. The molecule has 1 aromatic heterocycles. The van der Waals surface area contributed by atoms with Crippen molar-refractivity contribution in [3.63, 3.8) is 0 Å². The van der Waals surface area contributed by atoms with Gasteiger partial charge in [-0.2, -0.15) is 0 Å². The molecule has 2 aromatic carbocycles. The third-order valence-electron chi connectivity index (χ3n) is 7.17. The second-order valence-corrected chi connectivity index (χ2v) is 10.1. The lowest BCUT2D eigenvalue weighted by molar-refractivity contribution is -0.0538. The predicted molar refractivity (Wildman–Crippen MR) is 146 cm³/mol. The number of ether oxygens (including phenoxy) is 3. The number of aliphatic hydroxyl groups is 1. The molecule has 37 heavy (non-hydrogen) atoms. The summed E-state index contributed by atoms with van der Waals surface area (Å²) in [5.41, 5.74) is 2.69. The molecule has 1 aliphatic heterocycles. The average molecular weight is 508 g/mol. The molecule has 3 aromatic rings. The summed E-state index contributed by atoms with van der Waals surface area (Å²) in [7, 11) is 1.67. The van der Waals surface area contributed by atoms with Gasteiger partial charge in [-0.05, 0) is 62.4 Å². The number of benzene rings is 2. The number of methoxy groups -OCH3 is 1. The van der Waals surface area contributed by atoms with Crippen molar-refractivity contribution in [3.05, 3.63) is 71.3 Å². The Bertz CT molecular complexity index is 1150. The molecule has 1 N–H and O–H groups in total. The second kappa shape index (κ2) is 12.5. The molecule has 7 heteroatoms. The third kappa shape index (κ3) is 7.27. The van der Waals surface area contributed by atoms with Crippen LogP contribution in [0.3, 0.4) is 0 Å². The average Bonchev–Trinajstić information content (AvgIpc) is 3.35. The summed E-state index contributed by atoms with van der Waals surface area (Å²) in [6.45, 7) is 10.5. The molecular weight excluding hydrogens is 466 g/mol. The highest BCUT2D eigenvalue weighted by atomic mass is 16.5. The van der Waals surface area contributed by atoms with Crippen LogP contribution in [0.15, 0.2) is 48.8 Å². The van der Waals surface area contributed by atoms with Gasteiger partial charge in [0.15, 0.2) is 11.5 Å². The molecule has 2 heterocycles. The standard InChI is InChI=1S/C30H41N3O4/c1-5-29-31-13-17-33(29)14-6-18-36-28-20-25(8-10-27(28)35-4)21-32-15-11-30(34,12-16-32)22-37-26-9-7-23(2)19-24(26)3/h7-10,13,17,19-20,34H,5-6,11-12,14-16,18,21-22H2,1-4H3. The van der Waals surface area contributed by atoms with Crippen molar-refractivity contribution in [2.45, 2.75) is 65.1 Å². The number of aromatic nitrogens is 2. The van der Waals surface area contributed by atoms with E-state index in [1.165, 1.54) is 11.1 Å². The molecule has 1 fully saturated rings. The lowest BCUT2D eigenvalue weighted by Gasteiger charge is -2.38. The van der Waals surface area contributed by atoms with Gasteiger partial charge in [0.05, 0.1) is 13.7 Å². The van der Waals surface area contributed by atoms with Gasteiger partial charge in [0, 0.05) is 45.0 Å². The zero-order chi connectivity index (χ0) is 26.3. The number of rotatable bonds is 12. The van der Waals surface area contributed by atoms with E-state index < -0.39 is 5.60 Å². The molecule has 0 aliphatic carbocycles. The fourth-order valence-electron chi connectivity index (χ4n) is 4.91. The Morgan fingerprint density at radius 3 is 2.51 bits per heavy atom. The van der Waals surface area contributed by atoms with Crippen molar-refractivity contribution in [1.29, 1.82) is 0 Å². The van der Waals surface area contributed by atoms with Crippen LogP contribution >= 0.6 is 0 Å². The van der Waals surface area contributed by atoms with Gasteiger partial charge in [-0.1, -0.05) is 30.7 Å². The smallest absolute Gasteiger partial charge is 0.161 e. The zero-order valence-corrected chi connectivity index (χ0v) is 22.7. The SMILES string of the molecule is CCc1nccn1CCCOc1cc(CN2CCC(O)(COc3ccc(C)cc3C)CC2)ccc1OC. The molecule has 0 bridgehead atoms. The maximum atomic E-state index is 11.1. The van der Waals surface area contributed by atoms with E-state index in [0.29, 0.717) is 26.1 Å². The van der Waals surface area contributed by atoms with E-state index >= 15 is 0 Å². The van der Waals surface area contributed by atoms with Crippen LogP contribution in [-0.4, -0.2) is 58.6 Å². The number of hydrogen-bond donors (Lipinski definition) is 1. The lowest BCUT2D eigenvalue weighted by Crippen LogP contribution is -2.47. The van der Waals surface area contributed by atoms with Gasteiger partial charge >= 0.3 is 0 Å². The molecule has 0 radical (unpaired) electrons. The van der Waals surface area contributed by atoms with Crippen molar-refractivity contribution in [1.82, 2.24) is 14.5 Å². The Balaban J connectivity index is 1.26. The van der Waals surface area contributed by atoms with Gasteiger partial charge in [-0.25, -0.2) is 4.98 Å². The van der Waals surface area contributed by atoms with Crippen LogP contribution in [-0.2, 0) is 19.5 Å². The van der Waals surface area contributed by atoms with E-state index in [1.807, 2.05) is 37.5 Å². The number of aryl methyl sites for hydroxylation is 4. The summed E-state index contributed by atoms with van der Waals surface area (Å²) >= 11 is 0. The normalized spacial score (nSPS) is 15.5. The van der Waals surface area contributed by atoms with Gasteiger partial charge in [0.25, 0.3) is 0 Å². The first kappa shape index (κ1) is 27.0. The number of imidazole rings is 1. The highest BCUT2D eigenvalue weighted by Crippen LogP contribution is 2.30. The number of hydrogen-bond acceptors (Lipinski definition) is 6. The quantitative estimate of drug-likeness (QED) is 0.350. The van der Waals surface area contributed by atoms with E-state index in [1.54, 1.807) is 7.11 Å². The summed E-state index contributed by atoms with van der Waals surface area (Å²) < 4.78 is 19.8. The predicted octanol–water partition coefficient (Wildman–Crippen LogP) is 4.95. The summed E-state index contributed by atoms with van der Waals surface area (Å²) in [4.78, 5) is 6.76. The summed E-state index contributed by atoms with van der Waals surface area (Å²) in [6, 6.07) is 12.3. The van der Waals surface area contributed by atoms with Gasteiger partial charge in [-0.3, -0.25) is 4.90 Å². The topological polar surface area (TPSA) is 69.0 Å². The van der Waals surface area contributed by atoms with Gasteiger partial charge in [0.1, 0.15) is 23.8 Å². The molecular formula is C30H41N3O4. The van der Waals surface area contributed by atoms with Crippen molar-refractivity contribution in [2.24, 2.45) is 0 Å². The summed E-state index contributed by atoms with van der Waals surface area (Å²) in [6.07, 6.45) is 7.07. The molecule has 4 rings (SSSR count). The minimum Gasteiger partial charge on any atom is -0.493 e. The Labute approximate surface area is 221 Å². The second-order valence-electron chi connectivity index (χ2n) is 10.1. The van der Waals surface area contributed by atoms with Gasteiger partial charge in [-0.15, -0.1) is 0 Å². The first-order valence-electron chi connectivity index (χ1n) is 13.3. The van der Waals surface area contributed by atoms with Gasteiger partial charge < -0.3 is 23.9 Å². The van der Waals surface area contributed by atoms with Crippen molar-refractivity contribution in [2.75, 3.05) is 33.4 Å². The highest BCUT2D eigenvalue weighted by Gasteiger charge is 2.33. The molecule has 0 unspecified atom stereocenters. The minimum atomic E-state index is -0.797. The van der Waals surface area contributed by atoms with Crippen LogP contribution in [0.2, 0.25) is 0 Å². The van der Waals surface area contributed by atoms with E-state index in [9.17, 15) is 5.11 Å². The van der Waals surface area contributed by atoms with Crippen LogP contribution < -0.4 is 14.2 Å². The van der Waals surface area contributed by atoms with E-state index in [0.717, 1.165) is 67.7 Å². The van der Waals surface area contributed by atoms with Crippen LogP contribution in [0.1, 0.15) is 48.7 Å². The summed E-state index contributed by atoms with van der Waals surface area (Å²) in [5, 5.41) is 11.1. The third-order valence-corrected chi connectivity index (χ3v) is 7.17. The monoisotopic (exact) mass is 507 g/mol. The minimum absolute atomic E-state index is 0.323. The Hall–Kier alpha value is -3.03. The largest absolute Gasteiger partial charge is 0.493 e. The number of piperidine rings is 1. The van der Waals surface area contributed by atoms with Crippen molar-refractivity contribution in [3.8, 4) is 17.2 Å². The van der Waals surface area contributed by atoms with Crippen molar-refractivity contribution < 1.29 is 19.3 Å². The lowest BCUT2D eigenvalue weighted by atomic mass is 9.92. The number of likely N-dealkylation sites (tertiary alicyclic amines) is 1. The molecule has 0 amide bonds. The molecule has 200 valence electrons. The maximum Gasteiger partial charge on any atom is 0.161 e. The Kier molecular flexibility index (Phi) is 9.11. The van der Waals surface area contributed by atoms with Crippen molar-refractivity contribution >= 4 is 0 Å². The number of nitrogens with zero attached hydrogens (tertiary/aromatic N) is 3. The van der Waals surface area contributed by atoms with E-state index in [2.05, 4.69) is 46.5 Å². The maximum absolute atomic E-state index is 11.1. The first-order valence-corrected chi connectivity index (χ1v) is 13.3. The Morgan fingerprint density at radius 1 is 1.00 bits per heavy atom. The van der Waals surface area contributed by atoms with Crippen LogP contribution in [0.4, 0.5) is 0 Å². The molecule has 0 atom stereocenters. The van der Waals surface area contributed by atoms with E-state index in [4.69, 9.17) is 14.2 Å². The fourth-order valence-corrected chi connectivity index (χ4v) is 4.91. The molecule has 1 aliphatic rings. The Morgan fingerprint density at radius 2 is 1.78 bits per heavy atom. The zero-order valence-electron chi connectivity index (χ0n) is 22.7. The van der Waals surface area contributed by atoms with E-state index in [-0.39, 0.29) is 0 Å². The van der Waals surface area contributed by atoms with Gasteiger partial charge in [0.2, 0.25) is 0 Å². The van der Waals surface area contributed by atoms with Crippen LogP contribution in [0.5, 0.6) is 17.2 Å². The highest BCUT2D eigenvalue weighted by molar-refractivity contribution is 5.43. The van der Waals surface area contributed by atoms with Crippen LogP contribution in [0, 0.1) is 13.8 Å². The molecule has 0 saturated carbocycles. The molecule has 0 spiro atoms. The summed E-state index contributed by atoms with van der Waals surface area (Å²) in [5.74, 6) is 3.47. The first-order chi connectivity index (χ1) is 17.9. The fraction of sp³-hybridized carbons (Fsp3) is 0.500. The molecule has 7 nitrogen and oxygen atoms in total. The van der Waals surface area contributed by atoms with Crippen LogP contribution in [0.25, 0.3) is 0 Å².